The van der Waals surface area contributed by atoms with Crippen molar-refractivity contribution in [3.8, 4) is 0 Å². The van der Waals surface area contributed by atoms with Crippen LogP contribution in [0.4, 0.5) is 0 Å². The van der Waals surface area contributed by atoms with Gasteiger partial charge in [0.05, 0.1) is 12.7 Å². The summed E-state index contributed by atoms with van der Waals surface area (Å²) in [7, 11) is 1.39. The smallest absolute Gasteiger partial charge is 0.338 e. The summed E-state index contributed by atoms with van der Waals surface area (Å²) < 4.78 is 5.68. The maximum atomic E-state index is 11.5. The van der Waals surface area contributed by atoms with E-state index >= 15 is 0 Å². The number of halogens is 1. The van der Waals surface area contributed by atoms with Crippen LogP contribution in [0.15, 0.2) is 40.9 Å². The molecule has 0 atom stereocenters. The first-order chi connectivity index (χ1) is 7.22. The summed E-state index contributed by atoms with van der Waals surface area (Å²) in [6.07, 6.45) is 0. The topological polar surface area (TPSA) is 26.3 Å². The average molecular weight is 265 g/mol. The van der Waals surface area contributed by atoms with E-state index < -0.39 is 0 Å². The maximum Gasteiger partial charge on any atom is 0.338 e. The minimum absolute atomic E-state index is 0.307. The van der Waals surface area contributed by atoms with Crippen LogP contribution in [0.2, 0.25) is 0 Å². The highest BCUT2D eigenvalue weighted by Gasteiger charge is 2.09. The van der Waals surface area contributed by atoms with E-state index in [1.54, 1.807) is 6.07 Å². The number of rotatable bonds is 1. The molecule has 0 fully saturated rings. The third-order valence-electron chi connectivity index (χ3n) is 2.25. The largest absolute Gasteiger partial charge is 0.465 e. The number of ether oxygens (including phenoxy) is 1. The van der Waals surface area contributed by atoms with Gasteiger partial charge in [0.2, 0.25) is 0 Å². The number of esters is 1. The van der Waals surface area contributed by atoms with Crippen LogP contribution in [0.5, 0.6) is 0 Å². The minimum Gasteiger partial charge on any atom is -0.465 e. The zero-order valence-electron chi connectivity index (χ0n) is 8.16. The van der Waals surface area contributed by atoms with Gasteiger partial charge in [-0.1, -0.05) is 34.1 Å². The predicted molar refractivity (Wildman–Crippen MR) is 63.0 cm³/mol. The van der Waals surface area contributed by atoms with Crippen molar-refractivity contribution in [1.29, 1.82) is 0 Å². The lowest BCUT2D eigenvalue weighted by atomic mass is 10.1. The second-order valence-electron chi connectivity index (χ2n) is 3.16. The first kappa shape index (κ1) is 10.2. The predicted octanol–water partition coefficient (Wildman–Crippen LogP) is 3.39. The Kier molecular flexibility index (Phi) is 2.73. The molecule has 0 saturated heterocycles. The number of hydrogen-bond donors (Lipinski definition) is 0. The molecule has 0 N–H and O–H groups in total. The van der Waals surface area contributed by atoms with Gasteiger partial charge < -0.3 is 4.74 Å². The van der Waals surface area contributed by atoms with Gasteiger partial charge in [0.1, 0.15) is 0 Å². The van der Waals surface area contributed by atoms with Gasteiger partial charge in [-0.3, -0.25) is 0 Å². The van der Waals surface area contributed by atoms with E-state index in [4.69, 9.17) is 4.74 Å². The molecule has 0 aromatic heterocycles. The number of fused-ring (bicyclic) bond motifs is 1. The molecule has 0 unspecified atom stereocenters. The van der Waals surface area contributed by atoms with Gasteiger partial charge in [-0.15, -0.1) is 0 Å². The third kappa shape index (κ3) is 1.88. The monoisotopic (exact) mass is 264 g/mol. The van der Waals surface area contributed by atoms with Crippen molar-refractivity contribution >= 4 is 32.7 Å². The summed E-state index contributed by atoms with van der Waals surface area (Å²) in [6.45, 7) is 0. The highest BCUT2D eigenvalue weighted by molar-refractivity contribution is 9.10. The Balaban J connectivity index is 2.74. The van der Waals surface area contributed by atoms with Gasteiger partial charge in [0.25, 0.3) is 0 Å². The average Bonchev–Trinajstić information content (AvgIpc) is 2.27. The molecule has 76 valence electrons. The third-order valence-corrected chi connectivity index (χ3v) is 2.74. The SMILES string of the molecule is COC(=O)c1cccc2ccc(Br)cc12. The Labute approximate surface area is 96.0 Å². The zero-order valence-corrected chi connectivity index (χ0v) is 9.74. The molecule has 0 amide bonds. The van der Waals surface area contributed by atoms with E-state index in [1.165, 1.54) is 7.11 Å². The van der Waals surface area contributed by atoms with Crippen LogP contribution in [0, 0.1) is 0 Å². The molecule has 0 radical (unpaired) electrons. The Morgan fingerprint density at radius 2 is 2.07 bits per heavy atom. The summed E-state index contributed by atoms with van der Waals surface area (Å²) in [5.41, 5.74) is 0.594. The van der Waals surface area contributed by atoms with Crippen molar-refractivity contribution in [2.45, 2.75) is 0 Å². The molecular formula is C12H9BrO2. The zero-order chi connectivity index (χ0) is 10.8. The Hall–Kier alpha value is -1.35. The van der Waals surface area contributed by atoms with Gasteiger partial charge in [-0.05, 0) is 29.0 Å². The fourth-order valence-corrected chi connectivity index (χ4v) is 1.89. The highest BCUT2D eigenvalue weighted by atomic mass is 79.9. The van der Waals surface area contributed by atoms with E-state index in [1.807, 2.05) is 30.3 Å². The number of carbonyl (C=O) groups excluding carboxylic acids is 1. The van der Waals surface area contributed by atoms with Crippen LogP contribution in [0.1, 0.15) is 10.4 Å². The van der Waals surface area contributed by atoms with Crippen molar-refractivity contribution < 1.29 is 9.53 Å². The molecule has 0 spiro atoms. The van der Waals surface area contributed by atoms with E-state index in [0.29, 0.717) is 5.56 Å². The first-order valence-corrected chi connectivity index (χ1v) is 5.28. The standard InChI is InChI=1S/C12H9BrO2/c1-15-12(14)10-4-2-3-8-5-6-9(13)7-11(8)10/h2-7H,1H3. The van der Waals surface area contributed by atoms with E-state index in [9.17, 15) is 4.79 Å². The van der Waals surface area contributed by atoms with Crippen molar-refractivity contribution in [2.24, 2.45) is 0 Å². The number of methoxy groups -OCH3 is 1. The Morgan fingerprint density at radius 3 is 2.80 bits per heavy atom. The number of hydrogen-bond acceptors (Lipinski definition) is 2. The quantitative estimate of drug-likeness (QED) is 0.739. The summed E-state index contributed by atoms with van der Waals surface area (Å²) in [6, 6.07) is 11.4. The first-order valence-electron chi connectivity index (χ1n) is 4.49. The van der Waals surface area contributed by atoms with Gasteiger partial charge in [0, 0.05) is 4.47 Å². The minimum atomic E-state index is -0.307. The molecule has 0 aliphatic heterocycles. The lowest BCUT2D eigenvalue weighted by Crippen LogP contribution is -2.01. The van der Waals surface area contributed by atoms with Gasteiger partial charge in [0.15, 0.2) is 0 Å². The van der Waals surface area contributed by atoms with Gasteiger partial charge >= 0.3 is 5.97 Å². The summed E-state index contributed by atoms with van der Waals surface area (Å²) >= 11 is 3.39. The van der Waals surface area contributed by atoms with E-state index in [2.05, 4.69) is 15.9 Å². The molecule has 2 nitrogen and oxygen atoms in total. The lowest BCUT2D eigenvalue weighted by Gasteiger charge is -2.04. The molecule has 0 saturated carbocycles. The van der Waals surface area contributed by atoms with Crippen LogP contribution in [-0.4, -0.2) is 13.1 Å². The van der Waals surface area contributed by atoms with Crippen molar-refractivity contribution in [2.75, 3.05) is 7.11 Å². The maximum absolute atomic E-state index is 11.5. The van der Waals surface area contributed by atoms with Gasteiger partial charge in [-0.25, -0.2) is 4.79 Å². The van der Waals surface area contributed by atoms with Gasteiger partial charge in [-0.2, -0.15) is 0 Å². The molecular weight excluding hydrogens is 256 g/mol. The van der Waals surface area contributed by atoms with Crippen LogP contribution in [-0.2, 0) is 4.74 Å². The molecule has 2 aromatic rings. The normalized spacial score (nSPS) is 10.3. The van der Waals surface area contributed by atoms with Crippen LogP contribution in [0.3, 0.4) is 0 Å². The summed E-state index contributed by atoms with van der Waals surface area (Å²) in [5, 5.41) is 1.93. The second-order valence-corrected chi connectivity index (χ2v) is 4.08. The summed E-state index contributed by atoms with van der Waals surface area (Å²) in [5.74, 6) is -0.307. The second kappa shape index (κ2) is 4.03. The van der Waals surface area contributed by atoms with E-state index in [-0.39, 0.29) is 5.97 Å². The molecule has 0 aliphatic rings. The van der Waals surface area contributed by atoms with Crippen LogP contribution >= 0.6 is 15.9 Å². The fourth-order valence-electron chi connectivity index (χ4n) is 1.53. The molecule has 0 heterocycles. The van der Waals surface area contributed by atoms with E-state index in [0.717, 1.165) is 15.2 Å². The van der Waals surface area contributed by atoms with Crippen molar-refractivity contribution in [3.63, 3.8) is 0 Å². The Morgan fingerprint density at radius 1 is 1.27 bits per heavy atom. The van der Waals surface area contributed by atoms with Crippen molar-refractivity contribution in [3.05, 3.63) is 46.4 Å². The molecule has 15 heavy (non-hydrogen) atoms. The molecule has 0 bridgehead atoms. The lowest BCUT2D eigenvalue weighted by molar-refractivity contribution is 0.0603. The Bertz CT molecular complexity index is 520. The van der Waals surface area contributed by atoms with Crippen molar-refractivity contribution in [1.82, 2.24) is 0 Å². The fraction of sp³-hybridized carbons (Fsp3) is 0.0833. The molecule has 2 rings (SSSR count). The van der Waals surface area contributed by atoms with Crippen LogP contribution < -0.4 is 0 Å². The number of benzene rings is 2. The van der Waals surface area contributed by atoms with Crippen LogP contribution in [0.25, 0.3) is 10.8 Å². The number of carbonyl (C=O) groups is 1. The molecule has 0 aliphatic carbocycles. The summed E-state index contributed by atoms with van der Waals surface area (Å²) in [4.78, 5) is 11.5. The molecule has 3 heteroatoms. The molecule has 2 aromatic carbocycles. The highest BCUT2D eigenvalue weighted by Crippen LogP contribution is 2.23.